The van der Waals surface area contributed by atoms with Gasteiger partial charge in [0.05, 0.1) is 0 Å². The molecule has 0 aliphatic heterocycles. The Balaban J connectivity index is 1.11. The van der Waals surface area contributed by atoms with Crippen LogP contribution in [0.3, 0.4) is 0 Å². The lowest BCUT2D eigenvalue weighted by Crippen LogP contribution is -1.90. The molecule has 0 nitrogen and oxygen atoms in total. The number of hydrogen-bond acceptors (Lipinski definition) is 2. The van der Waals surface area contributed by atoms with Crippen LogP contribution in [0.1, 0.15) is 0 Å². The lowest BCUT2D eigenvalue weighted by atomic mass is 9.86. The van der Waals surface area contributed by atoms with Crippen molar-refractivity contribution in [3.63, 3.8) is 0 Å². The standard InChI is InChI=1S/C44H26S2/c1-2-10-28(11-3-1)41-32-13-4-6-15-34(32)42(35-16-7-5-14-33(35)41)29-20-18-27(19-21-29)30-22-23-37-40(26-30)45-39-25-24-36-31-12-8-9-17-38(31)46-44(36)43(37)39/h1-26H. The Morgan fingerprint density at radius 1 is 0.283 bits per heavy atom. The first kappa shape index (κ1) is 26.0. The normalized spacial score (nSPS) is 11.9. The van der Waals surface area contributed by atoms with E-state index in [-0.39, 0.29) is 0 Å². The van der Waals surface area contributed by atoms with E-state index in [9.17, 15) is 0 Å². The van der Waals surface area contributed by atoms with Gasteiger partial charge in [0, 0.05) is 40.3 Å². The van der Waals surface area contributed by atoms with Crippen LogP contribution in [-0.4, -0.2) is 0 Å². The summed E-state index contributed by atoms with van der Waals surface area (Å²) < 4.78 is 5.46. The van der Waals surface area contributed by atoms with Gasteiger partial charge in [-0.1, -0.05) is 140 Å². The van der Waals surface area contributed by atoms with Crippen molar-refractivity contribution in [2.24, 2.45) is 0 Å². The molecule has 0 amide bonds. The summed E-state index contributed by atoms with van der Waals surface area (Å²) in [6, 6.07) is 58.2. The van der Waals surface area contributed by atoms with Crippen molar-refractivity contribution in [2.45, 2.75) is 0 Å². The number of benzene rings is 8. The summed E-state index contributed by atoms with van der Waals surface area (Å²) in [4.78, 5) is 0. The summed E-state index contributed by atoms with van der Waals surface area (Å²) in [5.41, 5.74) is 7.59. The molecule has 8 aromatic carbocycles. The van der Waals surface area contributed by atoms with E-state index in [0.717, 1.165) is 0 Å². The van der Waals surface area contributed by atoms with Crippen molar-refractivity contribution in [1.82, 2.24) is 0 Å². The Kier molecular flexibility index (Phi) is 5.72. The molecule has 2 aromatic heterocycles. The van der Waals surface area contributed by atoms with Crippen molar-refractivity contribution in [2.75, 3.05) is 0 Å². The number of thiophene rings is 2. The summed E-state index contributed by atoms with van der Waals surface area (Å²) in [6.07, 6.45) is 0. The fourth-order valence-corrected chi connectivity index (χ4v) is 9.89. The topological polar surface area (TPSA) is 0 Å². The van der Waals surface area contributed by atoms with E-state index >= 15 is 0 Å². The fraction of sp³-hybridized carbons (Fsp3) is 0. The molecule has 10 rings (SSSR count). The second-order valence-corrected chi connectivity index (χ2v) is 14.1. The second kappa shape index (κ2) is 10.1. The van der Waals surface area contributed by atoms with Crippen LogP contribution < -0.4 is 0 Å². The number of fused-ring (bicyclic) bond motifs is 9. The van der Waals surface area contributed by atoms with Crippen LogP contribution >= 0.6 is 22.7 Å². The predicted octanol–water partition coefficient (Wildman–Crippen LogP) is 13.7. The fourth-order valence-electron chi connectivity index (χ4n) is 7.41. The summed E-state index contributed by atoms with van der Waals surface area (Å²) in [6.45, 7) is 0. The summed E-state index contributed by atoms with van der Waals surface area (Å²) >= 11 is 3.82. The SMILES string of the molecule is c1ccc(-c2c3ccccc3c(-c3ccc(-c4ccc5c(c4)sc4ccc6c7ccccc7sc6c45)cc3)c3ccccc23)cc1. The van der Waals surface area contributed by atoms with Gasteiger partial charge in [0.25, 0.3) is 0 Å². The van der Waals surface area contributed by atoms with Gasteiger partial charge < -0.3 is 0 Å². The molecule has 0 saturated heterocycles. The van der Waals surface area contributed by atoms with E-state index in [4.69, 9.17) is 0 Å². The first-order valence-corrected chi connectivity index (χ1v) is 17.3. The van der Waals surface area contributed by atoms with E-state index < -0.39 is 0 Å². The third-order valence-electron chi connectivity index (χ3n) is 9.48. The third-order valence-corrected chi connectivity index (χ3v) is 11.8. The minimum atomic E-state index is 1.24. The molecule has 2 heterocycles. The van der Waals surface area contributed by atoms with Crippen LogP contribution in [0.2, 0.25) is 0 Å². The van der Waals surface area contributed by atoms with Gasteiger partial charge in [0.15, 0.2) is 0 Å². The third kappa shape index (κ3) is 3.84. The highest BCUT2D eigenvalue weighted by Gasteiger charge is 2.17. The number of hydrogen-bond donors (Lipinski definition) is 0. The maximum Gasteiger partial charge on any atom is 0.0448 e. The molecule has 214 valence electrons. The van der Waals surface area contributed by atoms with Gasteiger partial charge in [0.1, 0.15) is 0 Å². The van der Waals surface area contributed by atoms with Gasteiger partial charge in [-0.05, 0) is 73.1 Å². The molecule has 0 bridgehead atoms. The van der Waals surface area contributed by atoms with Gasteiger partial charge in [-0.15, -0.1) is 22.7 Å². The molecular weight excluding hydrogens is 593 g/mol. The van der Waals surface area contributed by atoms with Crippen molar-refractivity contribution in [1.29, 1.82) is 0 Å². The van der Waals surface area contributed by atoms with E-state index in [2.05, 4.69) is 158 Å². The van der Waals surface area contributed by atoms with Crippen molar-refractivity contribution >= 4 is 84.6 Å². The van der Waals surface area contributed by atoms with Crippen LogP contribution in [-0.2, 0) is 0 Å². The molecule has 0 N–H and O–H groups in total. The largest absolute Gasteiger partial charge is 0.135 e. The molecule has 0 fully saturated rings. The first-order valence-electron chi connectivity index (χ1n) is 15.7. The Bertz CT molecular complexity index is 2720. The molecule has 0 spiro atoms. The summed E-state index contributed by atoms with van der Waals surface area (Å²) in [5.74, 6) is 0. The van der Waals surface area contributed by atoms with Gasteiger partial charge in [-0.2, -0.15) is 0 Å². The van der Waals surface area contributed by atoms with Crippen LogP contribution in [0, 0.1) is 0 Å². The molecule has 0 unspecified atom stereocenters. The van der Waals surface area contributed by atoms with Crippen LogP contribution in [0.25, 0.3) is 95.3 Å². The molecule has 10 aromatic rings. The van der Waals surface area contributed by atoms with E-state index in [0.29, 0.717) is 0 Å². The average Bonchev–Trinajstić information content (AvgIpc) is 3.69. The highest BCUT2D eigenvalue weighted by molar-refractivity contribution is 7.29. The second-order valence-electron chi connectivity index (χ2n) is 12.0. The number of rotatable bonds is 3. The molecule has 0 radical (unpaired) electrons. The molecule has 0 saturated carbocycles. The van der Waals surface area contributed by atoms with Gasteiger partial charge in [-0.25, -0.2) is 0 Å². The van der Waals surface area contributed by atoms with Gasteiger partial charge in [0.2, 0.25) is 0 Å². The first-order chi connectivity index (χ1) is 22.8. The smallest absolute Gasteiger partial charge is 0.0448 e. The lowest BCUT2D eigenvalue weighted by Gasteiger charge is -2.18. The Labute approximate surface area is 274 Å². The quantitative estimate of drug-likeness (QED) is 0.173. The summed E-state index contributed by atoms with van der Waals surface area (Å²) in [7, 11) is 0. The predicted molar refractivity (Wildman–Crippen MR) is 204 cm³/mol. The highest BCUT2D eigenvalue weighted by atomic mass is 32.1. The average molecular weight is 619 g/mol. The minimum Gasteiger partial charge on any atom is -0.135 e. The Morgan fingerprint density at radius 2 is 0.804 bits per heavy atom. The van der Waals surface area contributed by atoms with Crippen molar-refractivity contribution in [3.8, 4) is 33.4 Å². The molecule has 0 atom stereocenters. The zero-order chi connectivity index (χ0) is 30.2. The summed E-state index contributed by atoms with van der Waals surface area (Å²) in [5, 5.41) is 10.6. The maximum atomic E-state index is 2.38. The van der Waals surface area contributed by atoms with Crippen molar-refractivity contribution < 1.29 is 0 Å². The van der Waals surface area contributed by atoms with Gasteiger partial charge >= 0.3 is 0 Å². The highest BCUT2D eigenvalue weighted by Crippen LogP contribution is 2.46. The monoisotopic (exact) mass is 618 g/mol. The molecule has 0 aliphatic rings. The zero-order valence-corrected chi connectivity index (χ0v) is 26.5. The molecular formula is C44H26S2. The Morgan fingerprint density at radius 3 is 1.48 bits per heavy atom. The molecule has 0 aliphatic carbocycles. The van der Waals surface area contributed by atoms with Crippen LogP contribution in [0.4, 0.5) is 0 Å². The maximum absolute atomic E-state index is 2.38. The van der Waals surface area contributed by atoms with Gasteiger partial charge in [-0.3, -0.25) is 0 Å². The van der Waals surface area contributed by atoms with Crippen LogP contribution in [0.15, 0.2) is 158 Å². The zero-order valence-electron chi connectivity index (χ0n) is 24.8. The lowest BCUT2D eigenvalue weighted by molar-refractivity contribution is 1.63. The van der Waals surface area contributed by atoms with E-state index in [1.807, 2.05) is 22.7 Å². The van der Waals surface area contributed by atoms with E-state index in [1.54, 1.807) is 0 Å². The molecule has 2 heteroatoms. The minimum absolute atomic E-state index is 1.24. The van der Waals surface area contributed by atoms with Crippen molar-refractivity contribution in [3.05, 3.63) is 158 Å². The van der Waals surface area contributed by atoms with Crippen LogP contribution in [0.5, 0.6) is 0 Å². The Hall–Kier alpha value is -5.28. The van der Waals surface area contributed by atoms with E-state index in [1.165, 1.54) is 95.3 Å². The molecule has 46 heavy (non-hydrogen) atoms.